The maximum atomic E-state index is 13.0. The first-order valence-corrected chi connectivity index (χ1v) is 10.7. The van der Waals surface area contributed by atoms with E-state index in [0.29, 0.717) is 25.9 Å². The second-order valence-corrected chi connectivity index (χ2v) is 7.93. The lowest BCUT2D eigenvalue weighted by atomic mass is 9.72. The summed E-state index contributed by atoms with van der Waals surface area (Å²) in [6.07, 6.45) is 1.59. The summed E-state index contributed by atoms with van der Waals surface area (Å²) in [7, 11) is 0. The van der Waals surface area contributed by atoms with Crippen molar-refractivity contribution in [2.24, 2.45) is 0 Å². The quantitative estimate of drug-likeness (QED) is 0.553. The van der Waals surface area contributed by atoms with Crippen LogP contribution in [0.5, 0.6) is 5.75 Å². The number of hydrogen-bond acceptors (Lipinski definition) is 3. The second-order valence-electron chi connectivity index (χ2n) is 7.93. The highest BCUT2D eigenvalue weighted by molar-refractivity contribution is 5.77. The van der Waals surface area contributed by atoms with Gasteiger partial charge in [0.15, 0.2) is 0 Å². The molecule has 0 aliphatic carbocycles. The van der Waals surface area contributed by atoms with Crippen LogP contribution in [-0.4, -0.2) is 30.0 Å². The molecular formula is C27H26N2O2. The first kappa shape index (κ1) is 20.7. The van der Waals surface area contributed by atoms with Gasteiger partial charge in [0.1, 0.15) is 17.3 Å². The average Bonchev–Trinajstić information content (AvgIpc) is 3.30. The Morgan fingerprint density at radius 2 is 1.48 bits per heavy atom. The molecule has 31 heavy (non-hydrogen) atoms. The maximum absolute atomic E-state index is 13.0. The van der Waals surface area contributed by atoms with E-state index in [4.69, 9.17) is 4.74 Å². The number of nitrogens with zero attached hydrogens (tertiary/aromatic N) is 2. The van der Waals surface area contributed by atoms with Gasteiger partial charge in [-0.3, -0.25) is 4.79 Å². The van der Waals surface area contributed by atoms with Crippen molar-refractivity contribution in [1.82, 2.24) is 4.90 Å². The largest absolute Gasteiger partial charge is 0.489 e. The van der Waals surface area contributed by atoms with Gasteiger partial charge in [-0.05, 0) is 29.7 Å². The van der Waals surface area contributed by atoms with Crippen LogP contribution >= 0.6 is 0 Å². The number of rotatable bonds is 7. The summed E-state index contributed by atoms with van der Waals surface area (Å²) < 4.78 is 6.01. The van der Waals surface area contributed by atoms with Crippen LogP contribution in [0.4, 0.5) is 0 Å². The van der Waals surface area contributed by atoms with E-state index in [1.165, 1.54) is 0 Å². The van der Waals surface area contributed by atoms with E-state index in [1.54, 1.807) is 0 Å². The van der Waals surface area contributed by atoms with Crippen LogP contribution in [0.1, 0.15) is 30.4 Å². The van der Waals surface area contributed by atoms with Gasteiger partial charge in [0.25, 0.3) is 0 Å². The minimum absolute atomic E-state index is 0.00956. The molecule has 1 fully saturated rings. The highest BCUT2D eigenvalue weighted by Gasteiger charge is 2.36. The van der Waals surface area contributed by atoms with E-state index in [-0.39, 0.29) is 12.0 Å². The molecule has 0 radical (unpaired) electrons. The molecule has 0 aromatic heterocycles. The van der Waals surface area contributed by atoms with E-state index in [0.717, 1.165) is 23.3 Å². The van der Waals surface area contributed by atoms with E-state index in [1.807, 2.05) is 95.9 Å². The standard InChI is InChI=1S/C27H26N2O2/c28-21-27(22-10-4-1-5-11-22,23-12-6-2-7-13-23)18-16-26(30)29-19-17-25(20-29)31-24-14-8-3-9-15-24/h1-15,25H,16-20H2. The van der Waals surface area contributed by atoms with Crippen LogP contribution in [0.2, 0.25) is 0 Å². The molecule has 0 spiro atoms. The third kappa shape index (κ3) is 4.62. The molecule has 1 atom stereocenters. The summed E-state index contributed by atoms with van der Waals surface area (Å²) in [5, 5.41) is 10.3. The van der Waals surface area contributed by atoms with Gasteiger partial charge < -0.3 is 9.64 Å². The number of carbonyl (C=O) groups is 1. The summed E-state index contributed by atoms with van der Waals surface area (Å²) in [5.41, 5.74) is 0.990. The van der Waals surface area contributed by atoms with Crippen molar-refractivity contribution in [2.75, 3.05) is 13.1 Å². The Balaban J connectivity index is 1.45. The molecule has 4 heteroatoms. The van der Waals surface area contributed by atoms with Gasteiger partial charge in [0.05, 0.1) is 12.6 Å². The number of amides is 1. The Kier molecular flexibility index (Phi) is 6.33. The van der Waals surface area contributed by atoms with Gasteiger partial charge in [-0.25, -0.2) is 0 Å². The zero-order valence-electron chi connectivity index (χ0n) is 17.5. The van der Waals surface area contributed by atoms with Crippen molar-refractivity contribution >= 4 is 5.91 Å². The van der Waals surface area contributed by atoms with Crippen molar-refractivity contribution in [3.63, 3.8) is 0 Å². The molecule has 4 nitrogen and oxygen atoms in total. The Morgan fingerprint density at radius 1 is 0.935 bits per heavy atom. The van der Waals surface area contributed by atoms with Crippen LogP contribution in [0.25, 0.3) is 0 Å². The molecule has 0 N–H and O–H groups in total. The number of hydrogen-bond donors (Lipinski definition) is 0. The van der Waals surface area contributed by atoms with Crippen LogP contribution < -0.4 is 4.74 Å². The lowest BCUT2D eigenvalue weighted by molar-refractivity contribution is -0.130. The summed E-state index contributed by atoms with van der Waals surface area (Å²) in [5.74, 6) is 0.907. The molecule has 3 aromatic rings. The molecule has 0 bridgehead atoms. The number of carbonyl (C=O) groups excluding carboxylic acids is 1. The Labute approximate surface area is 183 Å². The number of para-hydroxylation sites is 1. The van der Waals surface area contributed by atoms with E-state index >= 15 is 0 Å². The fraction of sp³-hybridized carbons (Fsp3) is 0.259. The van der Waals surface area contributed by atoms with Crippen molar-refractivity contribution in [3.8, 4) is 11.8 Å². The number of likely N-dealkylation sites (tertiary alicyclic amines) is 1. The van der Waals surface area contributed by atoms with Gasteiger partial charge in [0, 0.05) is 19.4 Å². The molecule has 1 aliphatic heterocycles. The molecule has 4 rings (SSSR count). The Morgan fingerprint density at radius 3 is 2.03 bits per heavy atom. The van der Waals surface area contributed by atoms with Gasteiger partial charge >= 0.3 is 0 Å². The number of benzene rings is 3. The molecule has 0 saturated carbocycles. The van der Waals surface area contributed by atoms with Gasteiger partial charge in [-0.15, -0.1) is 0 Å². The van der Waals surface area contributed by atoms with Gasteiger partial charge in [-0.2, -0.15) is 5.26 Å². The first-order chi connectivity index (χ1) is 15.2. The van der Waals surface area contributed by atoms with Crippen LogP contribution in [0, 0.1) is 11.3 Å². The van der Waals surface area contributed by atoms with Crippen LogP contribution in [0.3, 0.4) is 0 Å². The SMILES string of the molecule is N#CC(CCC(=O)N1CCC(Oc2ccccc2)C1)(c1ccccc1)c1ccccc1. The number of ether oxygens (including phenoxy) is 1. The summed E-state index contributed by atoms with van der Waals surface area (Å²) in [6.45, 7) is 1.27. The minimum atomic E-state index is -0.849. The molecule has 1 heterocycles. The summed E-state index contributed by atoms with van der Waals surface area (Å²) in [4.78, 5) is 14.9. The second kappa shape index (κ2) is 9.49. The highest BCUT2D eigenvalue weighted by Crippen LogP contribution is 2.36. The lowest BCUT2D eigenvalue weighted by Crippen LogP contribution is -2.33. The average molecular weight is 411 g/mol. The monoisotopic (exact) mass is 410 g/mol. The highest BCUT2D eigenvalue weighted by atomic mass is 16.5. The van der Waals surface area contributed by atoms with Crippen molar-refractivity contribution in [1.29, 1.82) is 5.26 Å². The van der Waals surface area contributed by atoms with Crippen LogP contribution in [0.15, 0.2) is 91.0 Å². The van der Waals surface area contributed by atoms with Crippen molar-refractivity contribution in [2.45, 2.75) is 30.8 Å². The molecule has 156 valence electrons. The Hall–Kier alpha value is -3.58. The molecule has 1 saturated heterocycles. The lowest BCUT2D eigenvalue weighted by Gasteiger charge is -2.28. The molecule has 1 amide bonds. The third-order valence-electron chi connectivity index (χ3n) is 5.98. The molecule has 3 aromatic carbocycles. The minimum Gasteiger partial charge on any atom is -0.489 e. The maximum Gasteiger partial charge on any atom is 0.222 e. The number of nitriles is 1. The third-order valence-corrected chi connectivity index (χ3v) is 5.98. The fourth-order valence-corrected chi connectivity index (χ4v) is 4.28. The molecule has 1 unspecified atom stereocenters. The van der Waals surface area contributed by atoms with Gasteiger partial charge in [-0.1, -0.05) is 78.9 Å². The summed E-state index contributed by atoms with van der Waals surface area (Å²) in [6, 6.07) is 31.8. The normalized spacial score (nSPS) is 16.0. The van der Waals surface area contributed by atoms with E-state index < -0.39 is 5.41 Å². The topological polar surface area (TPSA) is 53.3 Å². The zero-order valence-corrected chi connectivity index (χ0v) is 17.5. The van der Waals surface area contributed by atoms with Crippen molar-refractivity contribution < 1.29 is 9.53 Å². The Bertz CT molecular complexity index is 990. The van der Waals surface area contributed by atoms with E-state index in [2.05, 4.69) is 6.07 Å². The first-order valence-electron chi connectivity index (χ1n) is 10.7. The molecular weight excluding hydrogens is 384 g/mol. The smallest absolute Gasteiger partial charge is 0.222 e. The van der Waals surface area contributed by atoms with E-state index in [9.17, 15) is 10.1 Å². The predicted octanol–water partition coefficient (Wildman–Crippen LogP) is 4.96. The fourth-order valence-electron chi connectivity index (χ4n) is 4.28. The van der Waals surface area contributed by atoms with Gasteiger partial charge in [0.2, 0.25) is 5.91 Å². The summed E-state index contributed by atoms with van der Waals surface area (Å²) >= 11 is 0. The van der Waals surface area contributed by atoms with Crippen LogP contribution in [-0.2, 0) is 10.2 Å². The van der Waals surface area contributed by atoms with Crippen molar-refractivity contribution in [3.05, 3.63) is 102 Å². The zero-order chi connectivity index (χ0) is 21.5. The molecule has 1 aliphatic rings. The predicted molar refractivity (Wildman–Crippen MR) is 121 cm³/mol.